The lowest BCUT2D eigenvalue weighted by Gasteiger charge is -2.17. The molecule has 0 saturated heterocycles. The molecule has 1 atom stereocenters. The predicted molar refractivity (Wildman–Crippen MR) is 147 cm³/mol. The first kappa shape index (κ1) is 22.4. The van der Waals surface area contributed by atoms with Crippen molar-refractivity contribution in [1.29, 1.82) is 0 Å². The zero-order chi connectivity index (χ0) is 25.4. The molecule has 1 amide bonds. The number of aromatic amines is 1. The molecule has 6 aromatic rings. The Morgan fingerprint density at radius 3 is 2.54 bits per heavy atom. The highest BCUT2D eigenvalue weighted by molar-refractivity contribution is 5.99. The molecule has 0 saturated carbocycles. The van der Waals surface area contributed by atoms with Crippen molar-refractivity contribution in [1.82, 2.24) is 25.3 Å². The van der Waals surface area contributed by atoms with Gasteiger partial charge in [-0.2, -0.15) is 0 Å². The fraction of sp³-hybridized carbons (Fsp3) is 0.0667. The van der Waals surface area contributed by atoms with Crippen LogP contribution < -0.4 is 11.1 Å². The number of nitrogens with one attached hydrogen (secondary N) is 2. The number of hydrogen-bond donors (Lipinski definition) is 3. The zero-order valence-electron chi connectivity index (χ0n) is 20.1. The van der Waals surface area contributed by atoms with Gasteiger partial charge in [0.1, 0.15) is 0 Å². The predicted octanol–water partition coefficient (Wildman–Crippen LogP) is 5.91. The smallest absolute Gasteiger partial charge is 0.274 e. The number of nitrogen functional groups attached to an aromatic ring is 1. The molecule has 37 heavy (non-hydrogen) atoms. The molecule has 0 spiro atoms. The standard InChI is InChI=1S/C30H24N6O/c1-18(23-11-5-9-20-14-16-33-25(20)23)34-30(37)28-29(31)36-26(19-7-3-2-4-8-19)27(35-28)22-12-13-24-21(17-22)10-6-15-32-24/h2-18,33H,1H3,(H2,31,36)(H,34,37). The van der Waals surface area contributed by atoms with Gasteiger partial charge in [0.05, 0.1) is 28.5 Å². The van der Waals surface area contributed by atoms with E-state index in [0.717, 1.165) is 38.5 Å². The summed E-state index contributed by atoms with van der Waals surface area (Å²) in [5, 5.41) is 5.10. The molecule has 3 aromatic carbocycles. The van der Waals surface area contributed by atoms with Crippen LogP contribution >= 0.6 is 0 Å². The lowest BCUT2D eigenvalue weighted by Crippen LogP contribution is -2.29. The number of carbonyl (C=O) groups is 1. The number of hydrogen-bond acceptors (Lipinski definition) is 5. The number of amides is 1. The van der Waals surface area contributed by atoms with Crippen LogP contribution in [0.4, 0.5) is 5.82 Å². The van der Waals surface area contributed by atoms with E-state index >= 15 is 0 Å². The summed E-state index contributed by atoms with van der Waals surface area (Å²) >= 11 is 0. The van der Waals surface area contributed by atoms with E-state index in [4.69, 9.17) is 10.7 Å². The number of nitrogens with zero attached hydrogens (tertiary/aromatic N) is 3. The molecule has 180 valence electrons. The minimum atomic E-state index is -0.385. The van der Waals surface area contributed by atoms with Crippen molar-refractivity contribution in [2.45, 2.75) is 13.0 Å². The van der Waals surface area contributed by atoms with Crippen molar-refractivity contribution in [3.05, 3.63) is 109 Å². The average molecular weight is 485 g/mol. The maximum Gasteiger partial charge on any atom is 0.274 e. The van der Waals surface area contributed by atoms with E-state index < -0.39 is 0 Å². The van der Waals surface area contributed by atoms with E-state index in [1.807, 2.05) is 98.0 Å². The molecular formula is C30H24N6O. The van der Waals surface area contributed by atoms with Crippen LogP contribution in [0.2, 0.25) is 0 Å². The zero-order valence-corrected chi connectivity index (χ0v) is 20.1. The molecule has 0 fully saturated rings. The van der Waals surface area contributed by atoms with Crippen LogP contribution in [0, 0.1) is 0 Å². The Morgan fingerprint density at radius 2 is 1.68 bits per heavy atom. The van der Waals surface area contributed by atoms with Gasteiger partial charge < -0.3 is 16.0 Å². The van der Waals surface area contributed by atoms with Gasteiger partial charge in [0.2, 0.25) is 0 Å². The number of nitrogens with two attached hydrogens (primary N) is 1. The van der Waals surface area contributed by atoms with Crippen molar-refractivity contribution in [3.8, 4) is 22.5 Å². The molecule has 3 heterocycles. The summed E-state index contributed by atoms with van der Waals surface area (Å²) in [5.74, 6) is -0.308. The highest BCUT2D eigenvalue weighted by atomic mass is 16.2. The number of pyridine rings is 1. The lowest BCUT2D eigenvalue weighted by molar-refractivity contribution is 0.0936. The first-order valence-corrected chi connectivity index (χ1v) is 12.0. The van der Waals surface area contributed by atoms with Gasteiger partial charge in [0, 0.05) is 28.9 Å². The number of aromatic nitrogens is 4. The van der Waals surface area contributed by atoms with Crippen molar-refractivity contribution < 1.29 is 4.79 Å². The summed E-state index contributed by atoms with van der Waals surface area (Å²) in [4.78, 5) is 30.6. The molecule has 7 heteroatoms. The van der Waals surface area contributed by atoms with Crippen molar-refractivity contribution >= 4 is 33.5 Å². The second kappa shape index (κ2) is 9.20. The van der Waals surface area contributed by atoms with E-state index in [1.54, 1.807) is 6.20 Å². The minimum absolute atomic E-state index is 0.0767. The highest BCUT2D eigenvalue weighted by Gasteiger charge is 2.22. The van der Waals surface area contributed by atoms with Crippen LogP contribution in [-0.4, -0.2) is 25.8 Å². The lowest BCUT2D eigenvalue weighted by atomic mass is 10.0. The molecule has 0 bridgehead atoms. The Hall–Kier alpha value is -5.04. The maximum absolute atomic E-state index is 13.5. The monoisotopic (exact) mass is 484 g/mol. The molecular weight excluding hydrogens is 460 g/mol. The largest absolute Gasteiger partial charge is 0.382 e. The Balaban J connectivity index is 1.43. The second-order valence-corrected chi connectivity index (χ2v) is 8.92. The SMILES string of the molecule is CC(NC(=O)c1nc(-c2ccc3ncccc3c2)c(-c2ccccc2)nc1N)c1cccc2cc[nH]c12. The van der Waals surface area contributed by atoms with Crippen molar-refractivity contribution in [2.24, 2.45) is 0 Å². The molecule has 7 nitrogen and oxygen atoms in total. The minimum Gasteiger partial charge on any atom is -0.382 e. The van der Waals surface area contributed by atoms with Crippen LogP contribution in [0.25, 0.3) is 44.3 Å². The summed E-state index contributed by atoms with van der Waals surface area (Å²) in [6.45, 7) is 1.94. The average Bonchev–Trinajstić information content (AvgIpc) is 3.42. The van der Waals surface area contributed by atoms with Gasteiger partial charge in [-0.15, -0.1) is 0 Å². The number of para-hydroxylation sites is 1. The summed E-state index contributed by atoms with van der Waals surface area (Å²) in [6, 6.07) is 27.2. The topological polar surface area (TPSA) is 110 Å². The highest BCUT2D eigenvalue weighted by Crippen LogP contribution is 2.32. The van der Waals surface area contributed by atoms with Gasteiger partial charge in [0.15, 0.2) is 11.5 Å². The molecule has 0 aliphatic carbocycles. The number of fused-ring (bicyclic) bond motifs is 2. The van der Waals surface area contributed by atoms with Crippen molar-refractivity contribution in [2.75, 3.05) is 5.73 Å². The van der Waals surface area contributed by atoms with Crippen molar-refractivity contribution in [3.63, 3.8) is 0 Å². The molecule has 0 radical (unpaired) electrons. The van der Waals surface area contributed by atoms with Crippen LogP contribution in [0.15, 0.2) is 97.3 Å². The molecule has 6 rings (SSSR count). The number of H-pyrrole nitrogens is 1. The Bertz CT molecular complexity index is 1760. The van der Waals surface area contributed by atoms with E-state index in [0.29, 0.717) is 11.4 Å². The second-order valence-electron chi connectivity index (χ2n) is 8.92. The summed E-state index contributed by atoms with van der Waals surface area (Å²) in [6.07, 6.45) is 3.65. The molecule has 0 aliphatic heterocycles. The first-order valence-electron chi connectivity index (χ1n) is 12.0. The number of rotatable bonds is 5. The third kappa shape index (κ3) is 4.16. The van der Waals surface area contributed by atoms with E-state index in [-0.39, 0.29) is 23.5 Å². The Morgan fingerprint density at radius 1 is 0.865 bits per heavy atom. The number of anilines is 1. The third-order valence-electron chi connectivity index (χ3n) is 6.50. The number of carbonyl (C=O) groups excluding carboxylic acids is 1. The Kier molecular flexibility index (Phi) is 5.58. The normalized spacial score (nSPS) is 12.0. The summed E-state index contributed by atoms with van der Waals surface area (Å²) < 4.78 is 0. The van der Waals surface area contributed by atoms with Gasteiger partial charge in [-0.25, -0.2) is 9.97 Å². The van der Waals surface area contributed by atoms with Crippen LogP contribution in [0.1, 0.15) is 29.0 Å². The van der Waals surface area contributed by atoms with E-state index in [2.05, 4.69) is 20.3 Å². The fourth-order valence-electron chi connectivity index (χ4n) is 4.65. The van der Waals surface area contributed by atoms with Gasteiger partial charge in [-0.05, 0) is 42.1 Å². The molecule has 3 aromatic heterocycles. The molecule has 0 aliphatic rings. The molecule has 1 unspecified atom stereocenters. The van der Waals surface area contributed by atoms with Crippen LogP contribution in [-0.2, 0) is 0 Å². The van der Waals surface area contributed by atoms with Gasteiger partial charge in [0.25, 0.3) is 5.91 Å². The van der Waals surface area contributed by atoms with Crippen LogP contribution in [0.3, 0.4) is 0 Å². The third-order valence-corrected chi connectivity index (χ3v) is 6.50. The Labute approximate surface area is 213 Å². The fourth-order valence-corrected chi connectivity index (χ4v) is 4.65. The van der Waals surface area contributed by atoms with Gasteiger partial charge >= 0.3 is 0 Å². The van der Waals surface area contributed by atoms with Crippen LogP contribution in [0.5, 0.6) is 0 Å². The van der Waals surface area contributed by atoms with Gasteiger partial charge in [-0.1, -0.05) is 60.7 Å². The first-order chi connectivity index (χ1) is 18.1. The van der Waals surface area contributed by atoms with Gasteiger partial charge in [-0.3, -0.25) is 9.78 Å². The quantitative estimate of drug-likeness (QED) is 0.282. The van der Waals surface area contributed by atoms with E-state index in [1.165, 1.54) is 0 Å². The summed E-state index contributed by atoms with van der Waals surface area (Å²) in [7, 11) is 0. The molecule has 4 N–H and O–H groups in total. The summed E-state index contributed by atoms with van der Waals surface area (Å²) in [5.41, 5.74) is 12.1. The number of benzene rings is 3. The maximum atomic E-state index is 13.5. The van der Waals surface area contributed by atoms with E-state index in [9.17, 15) is 4.79 Å².